The van der Waals surface area contributed by atoms with Gasteiger partial charge in [-0.3, -0.25) is 14.4 Å². The molecule has 1 aromatic carbocycles. The highest BCUT2D eigenvalue weighted by atomic mass is 16.2. The van der Waals surface area contributed by atoms with E-state index in [-0.39, 0.29) is 24.3 Å². The molecule has 0 saturated heterocycles. The Labute approximate surface area is 111 Å². The monoisotopic (exact) mass is 263 g/mol. The van der Waals surface area contributed by atoms with Gasteiger partial charge in [0.2, 0.25) is 11.8 Å². The molecule has 0 atom stereocenters. The number of likely N-dealkylation sites (N-methyl/N-ethyl adjacent to an activating group) is 1. The fourth-order valence-electron chi connectivity index (χ4n) is 1.35. The number of hydrogen-bond acceptors (Lipinski definition) is 3. The van der Waals surface area contributed by atoms with Gasteiger partial charge < -0.3 is 16.0 Å². The molecule has 6 heteroatoms. The SMILES string of the molecule is CNC(=O)CNC(=O)c1ccc(CNC(C)=O)cc1. The van der Waals surface area contributed by atoms with Crippen molar-refractivity contribution in [3.05, 3.63) is 35.4 Å². The van der Waals surface area contributed by atoms with E-state index in [1.807, 2.05) is 0 Å². The minimum atomic E-state index is -0.310. The minimum absolute atomic E-state index is 0.0526. The number of carbonyl (C=O) groups is 3. The van der Waals surface area contributed by atoms with E-state index >= 15 is 0 Å². The molecular weight excluding hydrogens is 246 g/mol. The molecule has 1 aromatic rings. The molecule has 0 fully saturated rings. The summed E-state index contributed by atoms with van der Waals surface area (Å²) in [5, 5.41) is 7.58. The highest BCUT2D eigenvalue weighted by molar-refractivity contribution is 5.96. The Kier molecular flexibility index (Phi) is 5.53. The van der Waals surface area contributed by atoms with E-state index in [9.17, 15) is 14.4 Å². The molecule has 0 aliphatic rings. The second-order valence-electron chi connectivity index (χ2n) is 3.96. The van der Waals surface area contributed by atoms with E-state index in [1.54, 1.807) is 24.3 Å². The Morgan fingerprint density at radius 2 is 1.68 bits per heavy atom. The third-order valence-electron chi connectivity index (χ3n) is 2.45. The van der Waals surface area contributed by atoms with Crippen LogP contribution in [0.5, 0.6) is 0 Å². The zero-order valence-electron chi connectivity index (χ0n) is 10.9. The van der Waals surface area contributed by atoms with Gasteiger partial charge in [-0.15, -0.1) is 0 Å². The van der Waals surface area contributed by atoms with Crippen LogP contribution in [0, 0.1) is 0 Å². The third kappa shape index (κ3) is 5.20. The van der Waals surface area contributed by atoms with Gasteiger partial charge in [0.1, 0.15) is 0 Å². The van der Waals surface area contributed by atoms with Crippen LogP contribution in [0.4, 0.5) is 0 Å². The lowest BCUT2D eigenvalue weighted by Crippen LogP contribution is -2.35. The minimum Gasteiger partial charge on any atom is -0.358 e. The van der Waals surface area contributed by atoms with E-state index in [2.05, 4.69) is 16.0 Å². The van der Waals surface area contributed by atoms with Gasteiger partial charge in [0.25, 0.3) is 5.91 Å². The number of amides is 3. The quantitative estimate of drug-likeness (QED) is 0.687. The summed E-state index contributed by atoms with van der Waals surface area (Å²) in [6.45, 7) is 1.82. The predicted molar refractivity (Wildman–Crippen MR) is 70.4 cm³/mol. The van der Waals surface area contributed by atoms with Crippen molar-refractivity contribution in [2.75, 3.05) is 13.6 Å². The first-order valence-corrected chi connectivity index (χ1v) is 5.85. The summed E-state index contributed by atoms with van der Waals surface area (Å²) in [5.74, 6) is -0.669. The zero-order valence-corrected chi connectivity index (χ0v) is 10.9. The summed E-state index contributed by atoms with van der Waals surface area (Å²) in [4.78, 5) is 33.4. The first kappa shape index (κ1) is 14.7. The van der Waals surface area contributed by atoms with Crippen molar-refractivity contribution in [3.8, 4) is 0 Å². The fraction of sp³-hybridized carbons (Fsp3) is 0.308. The molecular formula is C13H17N3O3. The highest BCUT2D eigenvalue weighted by Crippen LogP contribution is 2.04. The summed E-state index contributed by atoms with van der Waals surface area (Å²) < 4.78 is 0. The Balaban J connectivity index is 2.53. The zero-order chi connectivity index (χ0) is 14.3. The third-order valence-corrected chi connectivity index (χ3v) is 2.45. The lowest BCUT2D eigenvalue weighted by atomic mass is 10.1. The molecule has 0 unspecified atom stereocenters. The van der Waals surface area contributed by atoms with Crippen molar-refractivity contribution in [1.29, 1.82) is 0 Å². The molecule has 102 valence electrons. The van der Waals surface area contributed by atoms with Crippen LogP contribution in [0.15, 0.2) is 24.3 Å². The van der Waals surface area contributed by atoms with Crippen molar-refractivity contribution >= 4 is 17.7 Å². The average Bonchev–Trinajstić information content (AvgIpc) is 2.42. The van der Waals surface area contributed by atoms with Gasteiger partial charge in [0.15, 0.2) is 0 Å². The van der Waals surface area contributed by atoms with Crippen molar-refractivity contribution < 1.29 is 14.4 Å². The first-order chi connectivity index (χ1) is 9.02. The summed E-state index contributed by atoms with van der Waals surface area (Å²) >= 11 is 0. The number of rotatable bonds is 5. The topological polar surface area (TPSA) is 87.3 Å². The van der Waals surface area contributed by atoms with Crippen molar-refractivity contribution in [2.45, 2.75) is 13.5 Å². The largest absolute Gasteiger partial charge is 0.358 e. The number of benzene rings is 1. The predicted octanol–water partition coefficient (Wildman–Crippen LogP) is -0.202. The molecule has 0 aliphatic heterocycles. The second-order valence-corrected chi connectivity index (χ2v) is 3.96. The van der Waals surface area contributed by atoms with Gasteiger partial charge in [-0.05, 0) is 17.7 Å². The molecule has 6 nitrogen and oxygen atoms in total. The first-order valence-electron chi connectivity index (χ1n) is 5.85. The van der Waals surface area contributed by atoms with Gasteiger partial charge in [-0.2, -0.15) is 0 Å². The summed E-state index contributed by atoms with van der Waals surface area (Å²) in [5.41, 5.74) is 1.37. The number of hydrogen-bond donors (Lipinski definition) is 3. The Bertz CT molecular complexity index is 469. The van der Waals surface area contributed by atoms with Crippen molar-refractivity contribution in [3.63, 3.8) is 0 Å². The van der Waals surface area contributed by atoms with Gasteiger partial charge in [-0.25, -0.2) is 0 Å². The Morgan fingerprint density at radius 3 is 2.21 bits per heavy atom. The average molecular weight is 263 g/mol. The van der Waals surface area contributed by atoms with E-state index < -0.39 is 0 Å². The smallest absolute Gasteiger partial charge is 0.251 e. The molecule has 3 N–H and O–H groups in total. The van der Waals surface area contributed by atoms with Crippen LogP contribution in [0.3, 0.4) is 0 Å². The maximum Gasteiger partial charge on any atom is 0.251 e. The van der Waals surface area contributed by atoms with Crippen LogP contribution in [-0.4, -0.2) is 31.3 Å². The van der Waals surface area contributed by atoms with E-state index in [1.165, 1.54) is 14.0 Å². The van der Waals surface area contributed by atoms with Gasteiger partial charge in [-0.1, -0.05) is 12.1 Å². The fourth-order valence-corrected chi connectivity index (χ4v) is 1.35. The Hall–Kier alpha value is -2.37. The van der Waals surface area contributed by atoms with Crippen LogP contribution in [0.1, 0.15) is 22.8 Å². The maximum absolute atomic E-state index is 11.7. The molecule has 3 amide bonds. The molecule has 0 aliphatic carbocycles. The molecule has 0 aromatic heterocycles. The van der Waals surface area contributed by atoms with Crippen LogP contribution in [-0.2, 0) is 16.1 Å². The van der Waals surface area contributed by atoms with Crippen molar-refractivity contribution in [2.24, 2.45) is 0 Å². The van der Waals surface area contributed by atoms with E-state index in [0.717, 1.165) is 5.56 Å². The maximum atomic E-state index is 11.7. The lowest BCUT2D eigenvalue weighted by Gasteiger charge is -2.06. The number of nitrogens with one attached hydrogen (secondary N) is 3. The molecule has 19 heavy (non-hydrogen) atoms. The van der Waals surface area contributed by atoms with Gasteiger partial charge in [0.05, 0.1) is 6.54 Å². The van der Waals surface area contributed by atoms with Crippen LogP contribution in [0.2, 0.25) is 0 Å². The highest BCUT2D eigenvalue weighted by Gasteiger charge is 2.06. The van der Waals surface area contributed by atoms with E-state index in [4.69, 9.17) is 0 Å². The second kappa shape index (κ2) is 7.15. The molecule has 0 radical (unpaired) electrons. The molecule has 0 heterocycles. The van der Waals surface area contributed by atoms with Gasteiger partial charge >= 0.3 is 0 Å². The molecule has 0 spiro atoms. The summed E-state index contributed by atoms with van der Waals surface area (Å²) in [6, 6.07) is 6.81. The normalized spacial score (nSPS) is 9.58. The number of carbonyl (C=O) groups excluding carboxylic acids is 3. The Morgan fingerprint density at radius 1 is 1.05 bits per heavy atom. The van der Waals surface area contributed by atoms with Crippen LogP contribution in [0.25, 0.3) is 0 Å². The van der Waals surface area contributed by atoms with E-state index in [0.29, 0.717) is 12.1 Å². The lowest BCUT2D eigenvalue weighted by molar-refractivity contribution is -0.120. The standard InChI is InChI=1S/C13H17N3O3/c1-9(17)15-7-10-3-5-11(6-4-10)13(19)16-8-12(18)14-2/h3-6H,7-8H2,1-2H3,(H,14,18)(H,15,17)(H,16,19). The van der Waals surface area contributed by atoms with Crippen molar-refractivity contribution in [1.82, 2.24) is 16.0 Å². The summed E-state index contributed by atoms with van der Waals surface area (Å²) in [7, 11) is 1.51. The molecule has 0 bridgehead atoms. The molecule has 1 rings (SSSR count). The van der Waals surface area contributed by atoms with Crippen LogP contribution >= 0.6 is 0 Å². The summed E-state index contributed by atoms with van der Waals surface area (Å²) in [6.07, 6.45) is 0. The van der Waals surface area contributed by atoms with Crippen LogP contribution < -0.4 is 16.0 Å². The van der Waals surface area contributed by atoms with Gasteiger partial charge in [0, 0.05) is 26.1 Å². The molecule has 0 saturated carbocycles.